The Morgan fingerprint density at radius 2 is 1.95 bits per heavy atom. The third-order valence-electron chi connectivity index (χ3n) is 3.49. The van der Waals surface area contributed by atoms with Crippen molar-refractivity contribution in [2.75, 3.05) is 13.1 Å². The lowest BCUT2D eigenvalue weighted by atomic mass is 9.92. The average Bonchev–Trinajstić information content (AvgIpc) is 2.69. The van der Waals surface area contributed by atoms with Crippen LogP contribution < -0.4 is 5.73 Å². The largest absolute Gasteiger partial charge is 0.328 e. The molecule has 0 saturated carbocycles. The van der Waals surface area contributed by atoms with Gasteiger partial charge in [-0.15, -0.1) is 23.7 Å². The molecule has 0 aromatic carbocycles. The molecule has 1 aromatic rings. The fourth-order valence-corrected chi connectivity index (χ4v) is 5.86. The first-order valence-corrected chi connectivity index (χ1v) is 9.04. The summed E-state index contributed by atoms with van der Waals surface area (Å²) in [4.78, 5) is 0.114. The van der Waals surface area contributed by atoms with Gasteiger partial charge < -0.3 is 5.73 Å². The van der Waals surface area contributed by atoms with E-state index in [1.54, 1.807) is 0 Å². The molecule has 2 heterocycles. The van der Waals surface area contributed by atoms with E-state index in [2.05, 4.69) is 0 Å². The minimum atomic E-state index is -3.53. The minimum Gasteiger partial charge on any atom is -0.328 e. The highest BCUT2D eigenvalue weighted by Crippen LogP contribution is 2.36. The molecule has 0 aliphatic carbocycles. The van der Waals surface area contributed by atoms with Crippen molar-refractivity contribution in [2.45, 2.75) is 30.7 Å². The SMILES string of the molecule is CC(N)C1CCN(S(=O)(=O)c2cc(Cl)sc2Cl)CC1.Cl. The lowest BCUT2D eigenvalue weighted by molar-refractivity contribution is 0.251. The summed E-state index contributed by atoms with van der Waals surface area (Å²) in [6.45, 7) is 2.93. The van der Waals surface area contributed by atoms with E-state index >= 15 is 0 Å². The second-order valence-electron chi connectivity index (χ2n) is 4.79. The number of hydrogen-bond donors (Lipinski definition) is 1. The number of sulfonamides is 1. The fourth-order valence-electron chi connectivity index (χ4n) is 2.28. The summed E-state index contributed by atoms with van der Waals surface area (Å²) in [5.74, 6) is 0.382. The summed E-state index contributed by atoms with van der Waals surface area (Å²) in [5, 5.41) is 0. The number of thiophene rings is 1. The minimum absolute atomic E-state index is 0. The maximum Gasteiger partial charge on any atom is 0.245 e. The van der Waals surface area contributed by atoms with E-state index in [9.17, 15) is 8.42 Å². The molecule has 1 fully saturated rings. The van der Waals surface area contributed by atoms with Crippen LogP contribution in [0.1, 0.15) is 19.8 Å². The maximum atomic E-state index is 12.5. The molecule has 1 aromatic heterocycles. The first kappa shape index (κ1) is 18.5. The molecule has 0 radical (unpaired) electrons. The summed E-state index contributed by atoms with van der Waals surface area (Å²) in [5.41, 5.74) is 5.86. The molecule has 9 heteroatoms. The molecular weight excluding hydrogens is 363 g/mol. The van der Waals surface area contributed by atoms with E-state index in [-0.39, 0.29) is 27.7 Å². The lowest BCUT2D eigenvalue weighted by Gasteiger charge is -2.32. The molecule has 1 aliphatic rings. The predicted octanol–water partition coefficient (Wildman–Crippen LogP) is 3.22. The van der Waals surface area contributed by atoms with E-state index in [1.807, 2.05) is 6.92 Å². The van der Waals surface area contributed by atoms with Gasteiger partial charge in [0.25, 0.3) is 0 Å². The number of nitrogens with zero attached hydrogens (tertiary/aromatic N) is 1. The van der Waals surface area contributed by atoms with Crippen molar-refractivity contribution in [3.05, 3.63) is 14.7 Å². The van der Waals surface area contributed by atoms with E-state index in [4.69, 9.17) is 28.9 Å². The molecule has 0 bridgehead atoms. The summed E-state index contributed by atoms with van der Waals surface area (Å²) in [6, 6.07) is 1.52. The molecule has 2 rings (SSSR count). The highest BCUT2D eigenvalue weighted by atomic mass is 35.5. The molecule has 0 spiro atoms. The van der Waals surface area contributed by atoms with Gasteiger partial charge in [-0.05, 0) is 31.7 Å². The van der Waals surface area contributed by atoms with Crippen LogP contribution in [0, 0.1) is 5.92 Å². The van der Waals surface area contributed by atoms with Gasteiger partial charge in [-0.1, -0.05) is 23.2 Å². The van der Waals surface area contributed by atoms with Gasteiger partial charge in [-0.25, -0.2) is 8.42 Å². The zero-order valence-corrected chi connectivity index (χ0v) is 14.8. The molecular formula is C11H17Cl3N2O2S2. The molecule has 20 heavy (non-hydrogen) atoms. The van der Waals surface area contributed by atoms with E-state index in [1.165, 1.54) is 10.4 Å². The highest BCUT2D eigenvalue weighted by molar-refractivity contribution is 7.89. The molecule has 4 nitrogen and oxygen atoms in total. The normalized spacial score (nSPS) is 19.6. The smallest absolute Gasteiger partial charge is 0.245 e. The van der Waals surface area contributed by atoms with Crippen molar-refractivity contribution >= 4 is 57.0 Å². The Bertz CT molecular complexity index is 552. The van der Waals surface area contributed by atoms with Gasteiger partial charge in [-0.2, -0.15) is 4.31 Å². The van der Waals surface area contributed by atoms with Crippen LogP contribution in [-0.4, -0.2) is 31.9 Å². The molecule has 1 saturated heterocycles. The quantitative estimate of drug-likeness (QED) is 0.877. The monoisotopic (exact) mass is 378 g/mol. The Hall–Kier alpha value is 0.440. The van der Waals surface area contributed by atoms with Crippen molar-refractivity contribution in [3.63, 3.8) is 0 Å². The van der Waals surface area contributed by atoms with Crippen molar-refractivity contribution in [3.8, 4) is 0 Å². The van der Waals surface area contributed by atoms with Gasteiger partial charge in [0.2, 0.25) is 10.0 Å². The number of halogens is 3. The summed E-state index contributed by atoms with van der Waals surface area (Å²) in [7, 11) is -3.53. The Morgan fingerprint density at radius 3 is 2.35 bits per heavy atom. The molecule has 1 unspecified atom stereocenters. The molecule has 2 N–H and O–H groups in total. The van der Waals surface area contributed by atoms with Crippen molar-refractivity contribution < 1.29 is 8.42 Å². The fraction of sp³-hybridized carbons (Fsp3) is 0.636. The van der Waals surface area contributed by atoms with Gasteiger partial charge in [0, 0.05) is 19.1 Å². The van der Waals surface area contributed by atoms with Crippen LogP contribution in [-0.2, 0) is 10.0 Å². The van der Waals surface area contributed by atoms with Gasteiger partial charge in [0.05, 0.1) is 4.34 Å². The number of nitrogens with two attached hydrogens (primary N) is 1. The van der Waals surface area contributed by atoms with Gasteiger partial charge in [0.15, 0.2) is 0 Å². The van der Waals surface area contributed by atoms with Crippen LogP contribution in [0.4, 0.5) is 0 Å². The van der Waals surface area contributed by atoms with Crippen molar-refractivity contribution in [2.24, 2.45) is 11.7 Å². The van der Waals surface area contributed by atoms with E-state index in [0.717, 1.165) is 24.2 Å². The second kappa shape index (κ2) is 7.13. The first-order chi connectivity index (χ1) is 8.82. The van der Waals surface area contributed by atoms with Crippen LogP contribution >= 0.6 is 46.9 Å². The average molecular weight is 380 g/mol. The number of piperidine rings is 1. The predicted molar refractivity (Wildman–Crippen MR) is 86.7 cm³/mol. The Kier molecular flexibility index (Phi) is 6.59. The third-order valence-corrected chi connectivity index (χ3v) is 7.14. The van der Waals surface area contributed by atoms with Crippen LogP contribution in [0.3, 0.4) is 0 Å². The Morgan fingerprint density at radius 1 is 1.40 bits per heavy atom. The lowest BCUT2D eigenvalue weighted by Crippen LogP contribution is -2.42. The van der Waals surface area contributed by atoms with Crippen LogP contribution in [0.5, 0.6) is 0 Å². The zero-order valence-electron chi connectivity index (χ0n) is 10.9. The van der Waals surface area contributed by atoms with Crippen molar-refractivity contribution in [1.29, 1.82) is 0 Å². The van der Waals surface area contributed by atoms with E-state index in [0.29, 0.717) is 23.3 Å². The van der Waals surface area contributed by atoms with Crippen molar-refractivity contribution in [1.82, 2.24) is 4.31 Å². The highest BCUT2D eigenvalue weighted by Gasteiger charge is 2.32. The van der Waals surface area contributed by atoms with Gasteiger partial charge in [0.1, 0.15) is 9.23 Å². The summed E-state index contributed by atoms with van der Waals surface area (Å²) < 4.78 is 27.0. The zero-order chi connectivity index (χ0) is 14.2. The van der Waals surface area contributed by atoms with Crippen LogP contribution in [0.25, 0.3) is 0 Å². The molecule has 1 aliphatic heterocycles. The maximum absolute atomic E-state index is 12.5. The number of hydrogen-bond acceptors (Lipinski definition) is 4. The van der Waals surface area contributed by atoms with Gasteiger partial charge in [-0.3, -0.25) is 0 Å². The summed E-state index contributed by atoms with van der Waals surface area (Å²) >= 11 is 12.8. The molecule has 0 amide bonds. The molecule has 116 valence electrons. The topological polar surface area (TPSA) is 63.4 Å². The Labute approximate surface area is 139 Å². The Balaban J connectivity index is 0.00000200. The van der Waals surface area contributed by atoms with Crippen LogP contribution in [0.15, 0.2) is 11.0 Å². The first-order valence-electron chi connectivity index (χ1n) is 6.03. The second-order valence-corrected chi connectivity index (χ2v) is 8.98. The van der Waals surface area contributed by atoms with Gasteiger partial charge >= 0.3 is 0 Å². The molecule has 1 atom stereocenters. The van der Waals surface area contributed by atoms with Crippen LogP contribution in [0.2, 0.25) is 8.67 Å². The van der Waals surface area contributed by atoms with E-state index < -0.39 is 10.0 Å². The summed E-state index contributed by atoms with van der Waals surface area (Å²) in [6.07, 6.45) is 1.57. The number of rotatable bonds is 3. The standard InChI is InChI=1S/C11H16Cl2N2O2S2.ClH/c1-7(14)8-2-4-15(5-3-8)19(16,17)9-6-10(12)18-11(9)13;/h6-8H,2-5,14H2,1H3;1H. The third kappa shape index (κ3) is 3.80.